The molecular weight excluding hydrogens is 660 g/mol. The molecule has 1 aliphatic heterocycles. The van der Waals surface area contributed by atoms with Crippen LogP contribution in [0.1, 0.15) is 80.2 Å². The highest BCUT2D eigenvalue weighted by atomic mass is 35.5. The monoisotopic (exact) mass is 718 g/mol. The number of benzene rings is 1. The second-order valence-corrected chi connectivity index (χ2v) is 27.8. The van der Waals surface area contributed by atoms with Gasteiger partial charge in [-0.15, -0.1) is 0 Å². The highest BCUT2D eigenvalue weighted by Gasteiger charge is 2.56. The predicted molar refractivity (Wildman–Crippen MR) is 202 cm³/mol. The van der Waals surface area contributed by atoms with E-state index < -0.39 is 37.3 Å². The number of fused-ring (bicyclic) bond motifs is 1. The summed E-state index contributed by atoms with van der Waals surface area (Å²) in [7, 11) is -6.42. The van der Waals surface area contributed by atoms with E-state index in [1.54, 1.807) is 0 Å². The van der Waals surface area contributed by atoms with Gasteiger partial charge in [0, 0.05) is 11.2 Å². The van der Waals surface area contributed by atoms with Crippen LogP contribution < -0.4 is 5.73 Å². The normalized spacial score (nSPS) is 21.5. The average Bonchev–Trinajstić information content (AvgIpc) is 3.69. The zero-order valence-electron chi connectivity index (χ0n) is 30.2. The Balaban J connectivity index is 1.99. The number of aromatic nitrogens is 3. The molecule has 0 spiro atoms. The summed E-state index contributed by atoms with van der Waals surface area (Å²) < 4.78 is 32.1. The fourth-order valence-electron chi connectivity index (χ4n) is 7.41. The molecule has 262 valence electrons. The molecule has 0 amide bonds. The summed E-state index contributed by atoms with van der Waals surface area (Å²) in [5.74, 6) is 0.453. The Hall–Kier alpha value is -1.58. The molecule has 12 heteroatoms. The Morgan fingerprint density at radius 1 is 0.745 bits per heavy atom. The fourth-order valence-corrected chi connectivity index (χ4v) is 16.0. The first kappa shape index (κ1) is 38.2. The van der Waals surface area contributed by atoms with Crippen molar-refractivity contribution in [1.29, 1.82) is 0 Å². The van der Waals surface area contributed by atoms with Crippen LogP contribution in [0.3, 0.4) is 0 Å². The molecule has 1 aliphatic rings. The summed E-state index contributed by atoms with van der Waals surface area (Å²) in [6, 6.07) is 19.3. The fraction of sp³-hybridized carbons (Fsp3) is 0.657. The lowest BCUT2D eigenvalue weighted by Crippen LogP contribution is -2.53. The van der Waals surface area contributed by atoms with Crippen molar-refractivity contribution in [2.75, 3.05) is 5.73 Å². The molecule has 0 radical (unpaired) electrons. The van der Waals surface area contributed by atoms with Crippen LogP contribution in [-0.4, -0.2) is 57.8 Å². The second kappa shape index (κ2) is 16.4. The van der Waals surface area contributed by atoms with Crippen LogP contribution >= 0.6 is 11.6 Å². The van der Waals surface area contributed by atoms with Gasteiger partial charge in [-0.2, -0.15) is 0 Å². The van der Waals surface area contributed by atoms with Gasteiger partial charge in [-0.25, -0.2) is 9.97 Å². The third-order valence-corrected chi connectivity index (χ3v) is 25.6. The molecule has 0 saturated carbocycles. The van der Waals surface area contributed by atoms with Crippen LogP contribution in [0, 0.1) is 0 Å². The number of hydrogen-bond acceptors (Lipinski definition) is 7. The molecule has 1 unspecified atom stereocenters. The number of ether oxygens (including phenoxy) is 1. The Bertz CT molecular complexity index is 1390. The predicted octanol–water partition coefficient (Wildman–Crippen LogP) is 10.1. The maximum absolute atomic E-state index is 7.61. The molecule has 1 aromatic carbocycles. The maximum atomic E-state index is 7.61. The quantitative estimate of drug-likeness (QED) is 0.131. The summed E-state index contributed by atoms with van der Waals surface area (Å²) in [6.45, 7) is 20.5. The number of halogens is 1. The average molecular weight is 720 g/mol. The second-order valence-electron chi connectivity index (χ2n) is 13.2. The molecule has 4 rings (SSSR count). The molecule has 1 fully saturated rings. The van der Waals surface area contributed by atoms with Gasteiger partial charge in [0.1, 0.15) is 36.1 Å². The van der Waals surface area contributed by atoms with Crippen LogP contribution in [0.5, 0.6) is 0 Å². The van der Waals surface area contributed by atoms with Gasteiger partial charge in [0.2, 0.25) is 0 Å². The molecule has 5 atom stereocenters. The van der Waals surface area contributed by atoms with E-state index in [-0.39, 0.29) is 18.3 Å². The number of nitrogens with zero attached hydrogens (tertiary/aromatic N) is 3. The third kappa shape index (κ3) is 7.77. The SMILES string of the molecule is CC[Si](CC)(CC)OC(c1ccc(Cl)cc1)[C@H]1O[C@@H](n2ccc3c(N)ncnc32)[C@H](O[Si](CC)(CC)CC)[C@@H]1O[Si](CC)(CC)CC. The molecule has 47 heavy (non-hydrogen) atoms. The van der Waals surface area contributed by atoms with Crippen LogP contribution in [0.2, 0.25) is 59.4 Å². The third-order valence-electron chi connectivity index (χ3n) is 11.5. The first-order chi connectivity index (χ1) is 22.6. The van der Waals surface area contributed by atoms with Crippen LogP contribution in [0.4, 0.5) is 5.82 Å². The van der Waals surface area contributed by atoms with Gasteiger partial charge in [-0.05, 0) is 78.2 Å². The van der Waals surface area contributed by atoms with Gasteiger partial charge >= 0.3 is 0 Å². The minimum Gasteiger partial charge on any atom is -0.408 e. The largest absolute Gasteiger partial charge is 0.408 e. The van der Waals surface area contributed by atoms with Gasteiger partial charge in [-0.3, -0.25) is 0 Å². The summed E-state index contributed by atoms with van der Waals surface area (Å²) in [4.78, 5) is 8.96. The van der Waals surface area contributed by atoms with Crippen LogP contribution in [0.15, 0.2) is 42.9 Å². The molecule has 2 N–H and O–H groups in total. The van der Waals surface area contributed by atoms with Gasteiger partial charge in [0.05, 0.1) is 11.5 Å². The van der Waals surface area contributed by atoms with Gasteiger partial charge in [0.15, 0.2) is 31.2 Å². The molecule has 2 aromatic heterocycles. The van der Waals surface area contributed by atoms with E-state index in [1.807, 2.05) is 24.4 Å². The van der Waals surface area contributed by atoms with Crippen molar-refractivity contribution < 1.29 is 18.0 Å². The smallest absolute Gasteiger partial charge is 0.193 e. The summed E-state index contributed by atoms with van der Waals surface area (Å²) >= 11 is 6.44. The van der Waals surface area contributed by atoms with Gasteiger partial charge < -0.3 is 28.3 Å². The highest BCUT2D eigenvalue weighted by Crippen LogP contribution is 2.47. The van der Waals surface area contributed by atoms with Crippen molar-refractivity contribution in [3.63, 3.8) is 0 Å². The number of hydrogen-bond donors (Lipinski definition) is 1. The highest BCUT2D eigenvalue weighted by molar-refractivity contribution is 6.74. The minimum absolute atomic E-state index is 0.336. The van der Waals surface area contributed by atoms with Crippen molar-refractivity contribution in [3.05, 3.63) is 53.4 Å². The molecular formula is C35H59ClN4O4Si3. The summed E-state index contributed by atoms with van der Waals surface area (Å²) in [5.41, 5.74) is 8.14. The van der Waals surface area contributed by atoms with E-state index in [0.29, 0.717) is 10.8 Å². The Kier molecular flexibility index (Phi) is 13.4. The standard InChI is InChI=1S/C35H59ClN4O4Si3/c1-10-45(11-2,12-3)42-29(26-19-21-27(36)22-20-26)30-31(43-46(13-4,14-5)15-6)32(44-47(16-7,17-8)18-9)35(41-30)40-24-23-28-33(37)38-25-39-34(28)40/h19-25,29-32,35H,10-18H2,1-9H3,(H2,37,38,39)/t29?,30-,31-,32-,35-/m1/s1. The zero-order chi connectivity index (χ0) is 34.4. The lowest BCUT2D eigenvalue weighted by Gasteiger charge is -2.42. The lowest BCUT2D eigenvalue weighted by molar-refractivity contribution is -0.0780. The molecule has 8 nitrogen and oxygen atoms in total. The minimum atomic E-state index is -2.15. The van der Waals surface area contributed by atoms with Gasteiger partial charge in [-0.1, -0.05) is 86.0 Å². The van der Waals surface area contributed by atoms with E-state index in [1.165, 1.54) is 6.33 Å². The first-order valence-corrected chi connectivity index (χ1v) is 26.1. The molecule has 0 bridgehead atoms. The maximum Gasteiger partial charge on any atom is 0.193 e. The van der Waals surface area contributed by atoms with Crippen LogP contribution in [-0.2, 0) is 18.0 Å². The zero-order valence-corrected chi connectivity index (χ0v) is 34.0. The number of anilines is 1. The van der Waals surface area contributed by atoms with E-state index >= 15 is 0 Å². The van der Waals surface area contributed by atoms with E-state index in [9.17, 15) is 0 Å². The van der Waals surface area contributed by atoms with Crippen molar-refractivity contribution in [2.45, 2.75) is 147 Å². The van der Waals surface area contributed by atoms with Gasteiger partial charge in [0.25, 0.3) is 0 Å². The van der Waals surface area contributed by atoms with Crippen molar-refractivity contribution in [3.8, 4) is 0 Å². The van der Waals surface area contributed by atoms with Crippen molar-refractivity contribution in [2.24, 2.45) is 0 Å². The Morgan fingerprint density at radius 3 is 1.77 bits per heavy atom. The number of nitrogens with two attached hydrogens (primary N) is 1. The van der Waals surface area contributed by atoms with E-state index in [2.05, 4.69) is 84.0 Å². The topological polar surface area (TPSA) is 93.7 Å². The molecule has 1 saturated heterocycles. The summed E-state index contributed by atoms with van der Waals surface area (Å²) in [6.07, 6.45) is 1.62. The Morgan fingerprint density at radius 2 is 1.26 bits per heavy atom. The first-order valence-electron chi connectivity index (χ1n) is 18.1. The number of rotatable bonds is 18. The number of nitrogen functional groups attached to an aromatic ring is 1. The van der Waals surface area contributed by atoms with Crippen LogP contribution in [0.25, 0.3) is 11.0 Å². The lowest BCUT2D eigenvalue weighted by atomic mass is 9.99. The summed E-state index contributed by atoms with van der Waals surface area (Å²) in [5, 5.41) is 1.51. The van der Waals surface area contributed by atoms with Crippen molar-refractivity contribution >= 4 is 53.4 Å². The molecule has 0 aliphatic carbocycles. The Labute approximate surface area is 291 Å². The van der Waals surface area contributed by atoms with Crippen molar-refractivity contribution in [1.82, 2.24) is 14.5 Å². The van der Waals surface area contributed by atoms with E-state index in [0.717, 1.165) is 71.0 Å². The molecule has 3 aromatic rings. The van der Waals surface area contributed by atoms with E-state index in [4.69, 9.17) is 40.3 Å². The molecule has 3 heterocycles.